The molecule has 0 fully saturated rings. The lowest BCUT2D eigenvalue weighted by Gasteiger charge is -2.05. The molecule has 4 aromatic rings. The van der Waals surface area contributed by atoms with Crippen LogP contribution in [0.25, 0.3) is 11.1 Å². The van der Waals surface area contributed by atoms with Gasteiger partial charge in [0.05, 0.1) is 6.54 Å². The zero-order valence-corrected chi connectivity index (χ0v) is 15.0. The highest BCUT2D eigenvalue weighted by molar-refractivity contribution is 6.03. The van der Waals surface area contributed by atoms with E-state index in [0.29, 0.717) is 17.9 Å². The van der Waals surface area contributed by atoms with Crippen LogP contribution >= 0.6 is 0 Å². The van der Waals surface area contributed by atoms with E-state index in [2.05, 4.69) is 10.4 Å². The molecule has 0 spiro atoms. The second kappa shape index (κ2) is 7.88. The fraction of sp³-hybridized carbons (Fsp3) is 0.0435. The third-order valence-electron chi connectivity index (χ3n) is 4.37. The summed E-state index contributed by atoms with van der Waals surface area (Å²) in [6.45, 7) is 0.430. The zero-order chi connectivity index (χ0) is 19.3. The Morgan fingerprint density at radius 1 is 0.893 bits per heavy atom. The molecule has 0 bridgehead atoms. The van der Waals surface area contributed by atoms with Gasteiger partial charge >= 0.3 is 0 Å². The summed E-state index contributed by atoms with van der Waals surface area (Å²) in [5, 5.41) is 7.12. The summed E-state index contributed by atoms with van der Waals surface area (Å²) < 4.78 is 14.9. The number of carbonyl (C=O) groups excluding carboxylic acids is 1. The second-order valence-electron chi connectivity index (χ2n) is 6.43. The Hall–Kier alpha value is -3.73. The van der Waals surface area contributed by atoms with Crippen LogP contribution in [0.5, 0.6) is 0 Å². The van der Waals surface area contributed by atoms with Gasteiger partial charge in [-0.15, -0.1) is 0 Å². The molecule has 4 rings (SSSR count). The Morgan fingerprint density at radius 2 is 1.64 bits per heavy atom. The predicted molar refractivity (Wildman–Crippen MR) is 108 cm³/mol. The highest BCUT2D eigenvalue weighted by Crippen LogP contribution is 2.19. The molecule has 0 unspecified atom stereocenters. The number of anilines is 1. The molecule has 0 atom stereocenters. The highest BCUT2D eigenvalue weighted by atomic mass is 19.1. The van der Waals surface area contributed by atoms with Gasteiger partial charge in [0, 0.05) is 17.8 Å². The van der Waals surface area contributed by atoms with Gasteiger partial charge in [0.2, 0.25) is 0 Å². The molecule has 1 heterocycles. The number of hydrogen-bond donors (Lipinski definition) is 1. The molecule has 0 aliphatic carbocycles. The number of halogens is 1. The average Bonchev–Trinajstić information content (AvgIpc) is 3.15. The Morgan fingerprint density at radius 3 is 2.39 bits per heavy atom. The van der Waals surface area contributed by atoms with Crippen molar-refractivity contribution in [2.24, 2.45) is 0 Å². The van der Waals surface area contributed by atoms with Crippen molar-refractivity contribution in [3.05, 3.63) is 108 Å². The highest BCUT2D eigenvalue weighted by Gasteiger charge is 2.09. The van der Waals surface area contributed by atoms with E-state index in [0.717, 1.165) is 16.7 Å². The average molecular weight is 371 g/mol. The lowest BCUT2D eigenvalue weighted by atomic mass is 10.0. The maximum atomic E-state index is 13.3. The number of nitrogens with one attached hydrogen (secondary N) is 1. The zero-order valence-electron chi connectivity index (χ0n) is 15.0. The summed E-state index contributed by atoms with van der Waals surface area (Å²) in [5.41, 5.74) is 3.51. The van der Waals surface area contributed by atoms with Crippen molar-refractivity contribution in [3.8, 4) is 11.1 Å². The van der Waals surface area contributed by atoms with E-state index in [-0.39, 0.29) is 11.7 Å². The van der Waals surface area contributed by atoms with Crippen LogP contribution in [0, 0.1) is 5.82 Å². The molecule has 5 heteroatoms. The van der Waals surface area contributed by atoms with Crippen LogP contribution in [-0.4, -0.2) is 15.7 Å². The van der Waals surface area contributed by atoms with E-state index in [1.165, 1.54) is 12.1 Å². The largest absolute Gasteiger partial charge is 0.305 e. The SMILES string of the molecule is O=C(Nc1ccn(Cc2cccc(F)c2)n1)c1ccc(-c2ccccc2)cc1. The van der Waals surface area contributed by atoms with Crippen LogP contribution in [-0.2, 0) is 6.54 Å². The molecule has 0 saturated carbocycles. The minimum atomic E-state index is -0.280. The Balaban J connectivity index is 1.42. The minimum absolute atomic E-state index is 0.226. The van der Waals surface area contributed by atoms with Gasteiger partial charge < -0.3 is 5.32 Å². The summed E-state index contributed by atoms with van der Waals surface area (Å²) in [6.07, 6.45) is 1.75. The smallest absolute Gasteiger partial charge is 0.256 e. The Labute approximate surface area is 162 Å². The lowest BCUT2D eigenvalue weighted by molar-refractivity contribution is 0.102. The van der Waals surface area contributed by atoms with Crippen molar-refractivity contribution in [2.75, 3.05) is 5.32 Å². The van der Waals surface area contributed by atoms with E-state index >= 15 is 0 Å². The molecule has 0 aliphatic rings. The Kier molecular flexibility index (Phi) is 4.97. The van der Waals surface area contributed by atoms with Crippen molar-refractivity contribution in [1.82, 2.24) is 9.78 Å². The van der Waals surface area contributed by atoms with Crippen molar-refractivity contribution in [2.45, 2.75) is 6.54 Å². The first-order valence-electron chi connectivity index (χ1n) is 8.92. The predicted octanol–water partition coefficient (Wildman–Crippen LogP) is 4.99. The molecular formula is C23H18FN3O. The molecule has 138 valence electrons. The lowest BCUT2D eigenvalue weighted by Crippen LogP contribution is -2.12. The molecule has 0 radical (unpaired) electrons. The molecule has 1 N–H and O–H groups in total. The van der Waals surface area contributed by atoms with E-state index in [1.54, 1.807) is 35.1 Å². The number of hydrogen-bond acceptors (Lipinski definition) is 2. The molecule has 0 saturated heterocycles. The minimum Gasteiger partial charge on any atom is -0.305 e. The summed E-state index contributed by atoms with van der Waals surface area (Å²) in [5.74, 6) is -0.0544. The summed E-state index contributed by atoms with van der Waals surface area (Å²) in [4.78, 5) is 12.5. The first-order valence-corrected chi connectivity index (χ1v) is 8.92. The number of carbonyl (C=O) groups is 1. The monoisotopic (exact) mass is 371 g/mol. The number of aromatic nitrogens is 2. The molecule has 0 aliphatic heterocycles. The normalized spacial score (nSPS) is 10.6. The van der Waals surface area contributed by atoms with Crippen molar-refractivity contribution in [3.63, 3.8) is 0 Å². The summed E-state index contributed by atoms with van der Waals surface area (Å²) >= 11 is 0. The molecule has 4 nitrogen and oxygen atoms in total. The number of nitrogens with zero attached hydrogens (tertiary/aromatic N) is 2. The molecule has 1 amide bonds. The maximum absolute atomic E-state index is 13.3. The van der Waals surface area contributed by atoms with Gasteiger partial charge in [-0.25, -0.2) is 4.39 Å². The topological polar surface area (TPSA) is 46.9 Å². The van der Waals surface area contributed by atoms with Gasteiger partial charge in [-0.2, -0.15) is 5.10 Å². The standard InChI is InChI=1S/C23H18FN3O/c24-21-8-4-5-17(15-21)16-27-14-13-22(26-27)25-23(28)20-11-9-19(10-12-20)18-6-2-1-3-7-18/h1-15H,16H2,(H,25,26,28). The third-order valence-corrected chi connectivity index (χ3v) is 4.37. The van der Waals surface area contributed by atoms with Gasteiger partial charge in [-0.1, -0.05) is 54.6 Å². The van der Waals surface area contributed by atoms with Crippen LogP contribution in [0.15, 0.2) is 91.1 Å². The van der Waals surface area contributed by atoms with Crippen LogP contribution in [0.2, 0.25) is 0 Å². The van der Waals surface area contributed by atoms with E-state index in [9.17, 15) is 9.18 Å². The van der Waals surface area contributed by atoms with Crippen molar-refractivity contribution >= 4 is 11.7 Å². The third kappa shape index (κ3) is 4.15. The molecular weight excluding hydrogens is 353 g/mol. The second-order valence-corrected chi connectivity index (χ2v) is 6.43. The van der Waals surface area contributed by atoms with Crippen LogP contribution in [0.3, 0.4) is 0 Å². The summed E-state index contributed by atoms with van der Waals surface area (Å²) in [6, 6.07) is 25.5. The van der Waals surface area contributed by atoms with Gasteiger partial charge in [-0.05, 0) is 41.0 Å². The fourth-order valence-electron chi connectivity index (χ4n) is 2.97. The van der Waals surface area contributed by atoms with Gasteiger partial charge in [0.1, 0.15) is 5.82 Å². The van der Waals surface area contributed by atoms with Gasteiger partial charge in [-0.3, -0.25) is 9.48 Å². The van der Waals surface area contributed by atoms with E-state index in [1.807, 2.05) is 48.5 Å². The van der Waals surface area contributed by atoms with Crippen LogP contribution in [0.1, 0.15) is 15.9 Å². The number of benzene rings is 3. The number of rotatable bonds is 5. The fourth-order valence-corrected chi connectivity index (χ4v) is 2.97. The van der Waals surface area contributed by atoms with Gasteiger partial charge in [0.25, 0.3) is 5.91 Å². The van der Waals surface area contributed by atoms with Crippen LogP contribution < -0.4 is 5.32 Å². The maximum Gasteiger partial charge on any atom is 0.256 e. The molecule has 28 heavy (non-hydrogen) atoms. The summed E-state index contributed by atoms with van der Waals surface area (Å²) in [7, 11) is 0. The van der Waals surface area contributed by atoms with Crippen molar-refractivity contribution < 1.29 is 9.18 Å². The van der Waals surface area contributed by atoms with E-state index < -0.39 is 0 Å². The van der Waals surface area contributed by atoms with Crippen molar-refractivity contribution in [1.29, 1.82) is 0 Å². The van der Waals surface area contributed by atoms with Crippen LogP contribution in [0.4, 0.5) is 10.2 Å². The first-order chi connectivity index (χ1) is 13.7. The molecule has 1 aromatic heterocycles. The first kappa shape index (κ1) is 17.7. The quantitative estimate of drug-likeness (QED) is 0.537. The van der Waals surface area contributed by atoms with Gasteiger partial charge in [0.15, 0.2) is 5.82 Å². The Bertz CT molecular complexity index is 1090. The molecule has 3 aromatic carbocycles. The number of amides is 1. The van der Waals surface area contributed by atoms with E-state index in [4.69, 9.17) is 0 Å².